The standard InChI is InChI=1S/C13H28N2O2/c1-4-15-7-5-6-12(15)8-14(3)9-13(2,10-16)11-17/h12,16-17H,4-11H2,1-3H3. The molecule has 0 aromatic rings. The van der Waals surface area contributed by atoms with Crippen molar-refractivity contribution in [2.45, 2.75) is 32.7 Å². The molecule has 1 rings (SSSR count). The molecule has 0 saturated carbocycles. The van der Waals surface area contributed by atoms with Gasteiger partial charge in [-0.1, -0.05) is 13.8 Å². The SMILES string of the molecule is CCN1CCCC1CN(C)CC(C)(CO)CO. The van der Waals surface area contributed by atoms with E-state index in [1.165, 1.54) is 19.4 Å². The van der Waals surface area contributed by atoms with Crippen LogP contribution in [-0.4, -0.2) is 72.5 Å². The van der Waals surface area contributed by atoms with Gasteiger partial charge in [-0.05, 0) is 33.0 Å². The van der Waals surface area contributed by atoms with Crippen LogP contribution in [0.4, 0.5) is 0 Å². The fourth-order valence-electron chi connectivity index (χ4n) is 2.74. The van der Waals surface area contributed by atoms with Crippen molar-refractivity contribution in [1.82, 2.24) is 9.80 Å². The zero-order chi connectivity index (χ0) is 12.9. The Morgan fingerprint density at radius 2 is 2.00 bits per heavy atom. The summed E-state index contributed by atoms with van der Waals surface area (Å²) in [5.74, 6) is 0. The second-order valence-corrected chi connectivity index (χ2v) is 5.75. The summed E-state index contributed by atoms with van der Waals surface area (Å²) in [5, 5.41) is 18.6. The fraction of sp³-hybridized carbons (Fsp3) is 1.00. The number of aliphatic hydroxyl groups is 2. The van der Waals surface area contributed by atoms with Crippen LogP contribution in [0.3, 0.4) is 0 Å². The molecular weight excluding hydrogens is 216 g/mol. The molecule has 0 aliphatic carbocycles. The van der Waals surface area contributed by atoms with Gasteiger partial charge in [0.1, 0.15) is 0 Å². The Morgan fingerprint density at radius 3 is 2.53 bits per heavy atom. The third-order valence-electron chi connectivity index (χ3n) is 3.84. The largest absolute Gasteiger partial charge is 0.396 e. The Labute approximate surface area is 105 Å². The van der Waals surface area contributed by atoms with Gasteiger partial charge in [0.2, 0.25) is 0 Å². The first-order valence-corrected chi connectivity index (χ1v) is 6.69. The second-order valence-electron chi connectivity index (χ2n) is 5.75. The monoisotopic (exact) mass is 244 g/mol. The average molecular weight is 244 g/mol. The highest BCUT2D eigenvalue weighted by molar-refractivity contribution is 4.83. The van der Waals surface area contributed by atoms with Crippen LogP contribution < -0.4 is 0 Å². The summed E-state index contributed by atoms with van der Waals surface area (Å²) in [5.41, 5.74) is -0.385. The number of nitrogens with zero attached hydrogens (tertiary/aromatic N) is 2. The number of likely N-dealkylation sites (N-methyl/N-ethyl adjacent to an activating group) is 2. The molecular formula is C13H28N2O2. The van der Waals surface area contributed by atoms with Crippen LogP contribution in [-0.2, 0) is 0 Å². The number of rotatable bonds is 7. The van der Waals surface area contributed by atoms with Crippen molar-refractivity contribution in [2.24, 2.45) is 5.41 Å². The molecule has 102 valence electrons. The maximum Gasteiger partial charge on any atom is 0.0519 e. The lowest BCUT2D eigenvalue weighted by atomic mass is 9.92. The molecule has 0 spiro atoms. The first-order chi connectivity index (χ1) is 8.04. The molecule has 0 bridgehead atoms. The van der Waals surface area contributed by atoms with Gasteiger partial charge in [-0.15, -0.1) is 0 Å². The summed E-state index contributed by atoms with van der Waals surface area (Å²) in [7, 11) is 2.08. The second kappa shape index (κ2) is 6.69. The summed E-state index contributed by atoms with van der Waals surface area (Å²) < 4.78 is 0. The summed E-state index contributed by atoms with van der Waals surface area (Å²) in [6.07, 6.45) is 2.57. The van der Waals surface area contributed by atoms with Crippen LogP contribution in [0.1, 0.15) is 26.7 Å². The molecule has 1 saturated heterocycles. The van der Waals surface area contributed by atoms with Crippen LogP contribution >= 0.6 is 0 Å². The molecule has 1 heterocycles. The molecule has 1 aliphatic rings. The van der Waals surface area contributed by atoms with Gasteiger partial charge >= 0.3 is 0 Å². The normalized spacial score (nSPS) is 22.6. The first-order valence-electron chi connectivity index (χ1n) is 6.69. The Bertz CT molecular complexity index is 219. The molecule has 1 atom stereocenters. The van der Waals surface area contributed by atoms with Gasteiger partial charge in [0.25, 0.3) is 0 Å². The van der Waals surface area contributed by atoms with Crippen molar-refractivity contribution in [3.63, 3.8) is 0 Å². The van der Waals surface area contributed by atoms with E-state index >= 15 is 0 Å². The fourth-order valence-corrected chi connectivity index (χ4v) is 2.74. The Hall–Kier alpha value is -0.160. The quantitative estimate of drug-likeness (QED) is 0.680. The highest BCUT2D eigenvalue weighted by Gasteiger charge is 2.28. The van der Waals surface area contributed by atoms with E-state index < -0.39 is 0 Å². The number of hydrogen-bond acceptors (Lipinski definition) is 4. The molecule has 17 heavy (non-hydrogen) atoms. The van der Waals surface area contributed by atoms with Gasteiger partial charge < -0.3 is 15.1 Å². The van der Waals surface area contributed by atoms with E-state index in [-0.39, 0.29) is 18.6 Å². The lowest BCUT2D eigenvalue weighted by molar-refractivity contribution is 0.0363. The lowest BCUT2D eigenvalue weighted by Gasteiger charge is -2.33. The highest BCUT2D eigenvalue weighted by atomic mass is 16.3. The number of likely N-dealkylation sites (tertiary alicyclic amines) is 1. The first kappa shape index (κ1) is 14.9. The molecule has 1 fully saturated rings. The van der Waals surface area contributed by atoms with E-state index in [1.807, 2.05) is 6.92 Å². The van der Waals surface area contributed by atoms with Gasteiger partial charge in [-0.3, -0.25) is 4.90 Å². The third kappa shape index (κ3) is 4.21. The average Bonchev–Trinajstić information content (AvgIpc) is 2.75. The molecule has 1 aliphatic heterocycles. The molecule has 0 radical (unpaired) electrons. The minimum atomic E-state index is -0.385. The highest BCUT2D eigenvalue weighted by Crippen LogP contribution is 2.20. The molecule has 1 unspecified atom stereocenters. The predicted molar refractivity (Wildman–Crippen MR) is 70.0 cm³/mol. The predicted octanol–water partition coefficient (Wildman–Crippen LogP) is 0.393. The molecule has 4 heteroatoms. The van der Waals surface area contributed by atoms with E-state index in [2.05, 4.69) is 23.8 Å². The van der Waals surface area contributed by atoms with Gasteiger partial charge in [0, 0.05) is 24.5 Å². The van der Waals surface area contributed by atoms with Crippen LogP contribution in [0.2, 0.25) is 0 Å². The van der Waals surface area contributed by atoms with Crippen LogP contribution in [0.5, 0.6) is 0 Å². The number of aliphatic hydroxyl groups excluding tert-OH is 2. The summed E-state index contributed by atoms with van der Waals surface area (Å²) in [4.78, 5) is 4.76. The minimum absolute atomic E-state index is 0.0377. The third-order valence-corrected chi connectivity index (χ3v) is 3.84. The Morgan fingerprint density at radius 1 is 1.35 bits per heavy atom. The zero-order valence-electron chi connectivity index (χ0n) is 11.5. The number of hydrogen-bond donors (Lipinski definition) is 2. The molecule has 4 nitrogen and oxygen atoms in total. The molecule has 0 amide bonds. The minimum Gasteiger partial charge on any atom is -0.396 e. The Kier molecular flexibility index (Phi) is 5.86. The van der Waals surface area contributed by atoms with Crippen molar-refractivity contribution in [3.8, 4) is 0 Å². The summed E-state index contributed by atoms with van der Waals surface area (Å²) >= 11 is 0. The van der Waals surface area contributed by atoms with Gasteiger partial charge in [0.05, 0.1) is 13.2 Å². The van der Waals surface area contributed by atoms with Crippen molar-refractivity contribution >= 4 is 0 Å². The van der Waals surface area contributed by atoms with Crippen molar-refractivity contribution in [2.75, 3.05) is 46.4 Å². The topological polar surface area (TPSA) is 46.9 Å². The van der Waals surface area contributed by atoms with E-state index in [0.717, 1.165) is 19.6 Å². The van der Waals surface area contributed by atoms with Gasteiger partial charge in [0.15, 0.2) is 0 Å². The molecule has 0 aromatic carbocycles. The van der Waals surface area contributed by atoms with E-state index in [9.17, 15) is 10.2 Å². The van der Waals surface area contributed by atoms with Crippen molar-refractivity contribution in [1.29, 1.82) is 0 Å². The lowest BCUT2D eigenvalue weighted by Crippen LogP contribution is -2.44. The van der Waals surface area contributed by atoms with E-state index in [1.54, 1.807) is 0 Å². The van der Waals surface area contributed by atoms with E-state index in [0.29, 0.717) is 6.04 Å². The van der Waals surface area contributed by atoms with Gasteiger partial charge in [-0.25, -0.2) is 0 Å². The van der Waals surface area contributed by atoms with E-state index in [4.69, 9.17) is 0 Å². The van der Waals surface area contributed by atoms with Crippen LogP contribution in [0.15, 0.2) is 0 Å². The zero-order valence-corrected chi connectivity index (χ0v) is 11.5. The molecule has 2 N–H and O–H groups in total. The maximum atomic E-state index is 9.30. The molecule has 0 aromatic heterocycles. The van der Waals surface area contributed by atoms with Crippen molar-refractivity contribution in [3.05, 3.63) is 0 Å². The van der Waals surface area contributed by atoms with Crippen LogP contribution in [0, 0.1) is 5.41 Å². The smallest absolute Gasteiger partial charge is 0.0519 e. The van der Waals surface area contributed by atoms with Crippen molar-refractivity contribution < 1.29 is 10.2 Å². The maximum absolute atomic E-state index is 9.30. The van der Waals surface area contributed by atoms with Gasteiger partial charge in [-0.2, -0.15) is 0 Å². The van der Waals surface area contributed by atoms with Crippen LogP contribution in [0.25, 0.3) is 0 Å². The summed E-state index contributed by atoms with van der Waals surface area (Å²) in [6.45, 7) is 8.32. The Balaban J connectivity index is 2.40. The summed E-state index contributed by atoms with van der Waals surface area (Å²) in [6, 6.07) is 0.645.